The summed E-state index contributed by atoms with van der Waals surface area (Å²) in [4.78, 5) is 31.5. The van der Waals surface area contributed by atoms with Crippen LogP contribution in [0.1, 0.15) is 67.3 Å². The van der Waals surface area contributed by atoms with Crippen molar-refractivity contribution >= 4 is 11.8 Å². The second-order valence-electron chi connectivity index (χ2n) is 11.5. The molecule has 2 aliphatic carbocycles. The fourth-order valence-electron chi connectivity index (χ4n) is 6.42. The maximum absolute atomic E-state index is 13.7. The van der Waals surface area contributed by atoms with Crippen LogP contribution in [0, 0.1) is 17.7 Å². The number of amides is 2. The number of rotatable bonds is 9. The van der Waals surface area contributed by atoms with Gasteiger partial charge >= 0.3 is 0 Å². The lowest BCUT2D eigenvalue weighted by atomic mass is 9.81. The van der Waals surface area contributed by atoms with Crippen molar-refractivity contribution in [2.24, 2.45) is 17.6 Å². The Labute approximate surface area is 225 Å². The van der Waals surface area contributed by atoms with E-state index in [1.54, 1.807) is 4.90 Å². The second kappa shape index (κ2) is 12.4. The minimum absolute atomic E-state index is 0.0736. The highest BCUT2D eigenvalue weighted by Crippen LogP contribution is 2.35. The van der Waals surface area contributed by atoms with Crippen LogP contribution >= 0.6 is 0 Å². The molecule has 2 saturated carbocycles. The first-order valence-corrected chi connectivity index (χ1v) is 14.4. The Kier molecular flexibility index (Phi) is 8.75. The molecule has 7 heteroatoms. The SMILES string of the molecule is NCC1CCCC(CNC(=O)[C@H]2CC(N(Cc3ccccc3)C3CC3)CCN2C(=O)c2ccc(F)cc2)C1. The van der Waals surface area contributed by atoms with E-state index in [-0.39, 0.29) is 23.7 Å². The van der Waals surface area contributed by atoms with Crippen molar-refractivity contribution < 1.29 is 14.0 Å². The van der Waals surface area contributed by atoms with Crippen molar-refractivity contribution in [3.8, 4) is 0 Å². The van der Waals surface area contributed by atoms with Crippen molar-refractivity contribution in [3.63, 3.8) is 0 Å². The molecule has 3 aliphatic rings. The number of nitrogens with one attached hydrogen (secondary N) is 1. The highest BCUT2D eigenvalue weighted by molar-refractivity contribution is 5.97. The second-order valence-corrected chi connectivity index (χ2v) is 11.5. The lowest BCUT2D eigenvalue weighted by molar-refractivity contribution is -0.128. The van der Waals surface area contributed by atoms with E-state index in [0.29, 0.717) is 49.5 Å². The molecule has 1 saturated heterocycles. The minimum Gasteiger partial charge on any atom is -0.354 e. The Hall–Kier alpha value is -2.77. The summed E-state index contributed by atoms with van der Waals surface area (Å²) in [5, 5.41) is 3.21. The maximum Gasteiger partial charge on any atom is 0.254 e. The molecule has 38 heavy (non-hydrogen) atoms. The van der Waals surface area contributed by atoms with Gasteiger partial charge in [0.05, 0.1) is 0 Å². The van der Waals surface area contributed by atoms with E-state index in [2.05, 4.69) is 34.5 Å². The molecule has 2 aromatic carbocycles. The minimum atomic E-state index is -0.544. The summed E-state index contributed by atoms with van der Waals surface area (Å²) in [5.74, 6) is 0.314. The molecule has 0 bridgehead atoms. The Morgan fingerprint density at radius 2 is 1.66 bits per heavy atom. The molecule has 204 valence electrons. The highest BCUT2D eigenvalue weighted by Gasteiger charge is 2.42. The molecule has 3 N–H and O–H groups in total. The van der Waals surface area contributed by atoms with E-state index in [4.69, 9.17) is 5.73 Å². The van der Waals surface area contributed by atoms with Crippen LogP contribution in [0.15, 0.2) is 54.6 Å². The van der Waals surface area contributed by atoms with Crippen molar-refractivity contribution in [2.75, 3.05) is 19.6 Å². The summed E-state index contributed by atoms with van der Waals surface area (Å²) in [6.45, 7) is 2.70. The van der Waals surface area contributed by atoms with E-state index < -0.39 is 6.04 Å². The van der Waals surface area contributed by atoms with Gasteiger partial charge in [0.1, 0.15) is 11.9 Å². The monoisotopic (exact) mass is 520 g/mol. The third-order valence-electron chi connectivity index (χ3n) is 8.71. The summed E-state index contributed by atoms with van der Waals surface area (Å²) in [6.07, 6.45) is 8.27. The number of carbonyl (C=O) groups excluding carboxylic acids is 2. The number of benzene rings is 2. The van der Waals surface area contributed by atoms with Gasteiger partial charge in [-0.2, -0.15) is 0 Å². The molecule has 2 aromatic rings. The number of likely N-dealkylation sites (tertiary alicyclic amines) is 1. The Balaban J connectivity index is 1.31. The predicted molar refractivity (Wildman–Crippen MR) is 147 cm³/mol. The molecule has 6 nitrogen and oxygen atoms in total. The van der Waals surface area contributed by atoms with E-state index in [1.165, 1.54) is 49.1 Å². The molecule has 0 spiro atoms. The zero-order valence-electron chi connectivity index (χ0n) is 22.2. The van der Waals surface area contributed by atoms with E-state index in [0.717, 1.165) is 32.2 Å². The summed E-state index contributed by atoms with van der Waals surface area (Å²) in [7, 11) is 0. The number of carbonyl (C=O) groups is 2. The highest BCUT2D eigenvalue weighted by atomic mass is 19.1. The molecule has 4 atom stereocenters. The zero-order valence-corrected chi connectivity index (χ0v) is 22.2. The predicted octanol–water partition coefficient (Wildman–Crippen LogP) is 4.34. The standard InChI is InChI=1S/C31H41FN4O2/c32-26-11-9-25(10-12-26)31(38)35-16-15-28(36(27-13-14-27)21-22-5-2-1-3-6-22)18-29(35)30(37)34-20-24-8-4-7-23(17-24)19-33/h1-3,5-6,9-12,23-24,27-29H,4,7-8,13-21,33H2,(H,34,37)/t23?,24?,28?,29-/m1/s1. The van der Waals surface area contributed by atoms with Gasteiger partial charge in [0.25, 0.3) is 5.91 Å². The van der Waals surface area contributed by atoms with Crippen molar-refractivity contribution in [3.05, 3.63) is 71.5 Å². The number of nitrogens with zero attached hydrogens (tertiary/aromatic N) is 2. The summed E-state index contributed by atoms with van der Waals surface area (Å²) in [6, 6.07) is 16.4. The smallest absolute Gasteiger partial charge is 0.254 e. The molecule has 2 amide bonds. The number of nitrogens with two attached hydrogens (primary N) is 1. The van der Waals surface area contributed by atoms with Gasteiger partial charge in [-0.3, -0.25) is 14.5 Å². The Bertz CT molecular complexity index is 1080. The van der Waals surface area contributed by atoms with Crippen molar-refractivity contribution in [2.45, 2.75) is 76.0 Å². The molecule has 0 aromatic heterocycles. The molecule has 3 fully saturated rings. The lowest BCUT2D eigenvalue weighted by Crippen LogP contribution is -2.58. The van der Waals surface area contributed by atoms with Gasteiger partial charge in [0, 0.05) is 37.3 Å². The van der Waals surface area contributed by atoms with Crippen LogP contribution in [-0.4, -0.2) is 59.4 Å². The Morgan fingerprint density at radius 3 is 2.37 bits per heavy atom. The first-order chi connectivity index (χ1) is 18.5. The van der Waals surface area contributed by atoms with Gasteiger partial charge in [-0.25, -0.2) is 4.39 Å². The van der Waals surface area contributed by atoms with Gasteiger partial charge in [-0.1, -0.05) is 36.8 Å². The number of halogens is 1. The van der Waals surface area contributed by atoms with E-state index >= 15 is 0 Å². The average Bonchev–Trinajstić information content (AvgIpc) is 3.80. The molecular weight excluding hydrogens is 479 g/mol. The lowest BCUT2D eigenvalue weighted by Gasteiger charge is -2.43. The van der Waals surface area contributed by atoms with E-state index in [1.807, 2.05) is 6.07 Å². The fraction of sp³-hybridized carbons (Fsp3) is 0.548. The van der Waals surface area contributed by atoms with Gasteiger partial charge in [0.2, 0.25) is 5.91 Å². The maximum atomic E-state index is 13.7. The fourth-order valence-corrected chi connectivity index (χ4v) is 6.42. The van der Waals surface area contributed by atoms with Gasteiger partial charge < -0.3 is 16.0 Å². The summed E-state index contributed by atoms with van der Waals surface area (Å²) in [5.41, 5.74) is 7.62. The number of hydrogen-bond acceptors (Lipinski definition) is 4. The zero-order chi connectivity index (χ0) is 26.5. The van der Waals surface area contributed by atoms with Crippen LogP contribution in [0.25, 0.3) is 0 Å². The molecular formula is C31H41FN4O2. The third kappa shape index (κ3) is 6.62. The Morgan fingerprint density at radius 1 is 0.921 bits per heavy atom. The van der Waals surface area contributed by atoms with E-state index in [9.17, 15) is 14.0 Å². The first kappa shape index (κ1) is 26.8. The molecule has 5 rings (SSSR count). The van der Waals surface area contributed by atoms with Crippen LogP contribution < -0.4 is 11.1 Å². The van der Waals surface area contributed by atoms with Crippen molar-refractivity contribution in [1.29, 1.82) is 0 Å². The molecule has 1 heterocycles. The third-order valence-corrected chi connectivity index (χ3v) is 8.71. The van der Waals surface area contributed by atoms with Gasteiger partial charge in [-0.15, -0.1) is 0 Å². The number of hydrogen-bond donors (Lipinski definition) is 2. The molecule has 0 radical (unpaired) electrons. The normalized spacial score (nSPS) is 25.8. The molecule has 1 aliphatic heterocycles. The van der Waals surface area contributed by atoms with Crippen LogP contribution in [0.2, 0.25) is 0 Å². The summed E-state index contributed by atoms with van der Waals surface area (Å²) >= 11 is 0. The molecule has 3 unspecified atom stereocenters. The van der Waals surface area contributed by atoms with Crippen LogP contribution in [0.5, 0.6) is 0 Å². The quantitative estimate of drug-likeness (QED) is 0.516. The van der Waals surface area contributed by atoms with Crippen molar-refractivity contribution in [1.82, 2.24) is 15.1 Å². The number of piperidine rings is 1. The average molecular weight is 521 g/mol. The summed E-state index contributed by atoms with van der Waals surface area (Å²) < 4.78 is 13.5. The van der Waals surface area contributed by atoms with Crippen LogP contribution in [0.4, 0.5) is 4.39 Å². The topological polar surface area (TPSA) is 78.7 Å². The van der Waals surface area contributed by atoms with Crippen LogP contribution in [-0.2, 0) is 11.3 Å². The largest absolute Gasteiger partial charge is 0.354 e. The van der Waals surface area contributed by atoms with Gasteiger partial charge in [-0.05, 0) is 93.2 Å². The van der Waals surface area contributed by atoms with Gasteiger partial charge in [0.15, 0.2) is 0 Å². The van der Waals surface area contributed by atoms with Crippen LogP contribution in [0.3, 0.4) is 0 Å². The first-order valence-electron chi connectivity index (χ1n) is 14.4.